The van der Waals surface area contributed by atoms with E-state index in [1.165, 1.54) is 0 Å². The van der Waals surface area contributed by atoms with E-state index < -0.39 is 5.41 Å². The summed E-state index contributed by atoms with van der Waals surface area (Å²) in [4.78, 5) is 21.6. The van der Waals surface area contributed by atoms with E-state index in [0.29, 0.717) is 30.7 Å². The number of ether oxygens (including phenoxy) is 2. The van der Waals surface area contributed by atoms with Crippen molar-refractivity contribution in [3.05, 3.63) is 96.3 Å². The Hall–Kier alpha value is -4.98. The van der Waals surface area contributed by atoms with Crippen molar-refractivity contribution in [3.8, 4) is 39.6 Å². The van der Waals surface area contributed by atoms with Crippen LogP contribution in [0.25, 0.3) is 33.7 Å². The molecule has 0 radical (unpaired) electrons. The summed E-state index contributed by atoms with van der Waals surface area (Å²) in [5.74, 6) is 1.77. The van der Waals surface area contributed by atoms with E-state index >= 15 is 0 Å². The van der Waals surface area contributed by atoms with Gasteiger partial charge in [-0.2, -0.15) is 0 Å². The first kappa shape index (κ1) is 27.2. The molecule has 0 amide bonds. The number of hydrogen-bond acceptors (Lipinski definition) is 8. The van der Waals surface area contributed by atoms with Gasteiger partial charge in [-0.05, 0) is 68.5 Å². The number of carbonyl (C=O) groups is 1. The molecule has 212 valence electrons. The average molecular weight is 561 g/mol. The third-order valence-electron chi connectivity index (χ3n) is 7.52. The molecular formula is C34H32N4O4. The first-order valence-corrected chi connectivity index (χ1v) is 14.2. The Bertz CT molecular complexity index is 1690. The maximum Gasteiger partial charge on any atom is 0.316 e. The lowest BCUT2D eigenvalue weighted by molar-refractivity contribution is -0.146. The molecule has 5 aromatic rings. The van der Waals surface area contributed by atoms with Gasteiger partial charge in [0, 0.05) is 23.4 Å². The number of esters is 1. The van der Waals surface area contributed by atoms with Crippen LogP contribution in [0.2, 0.25) is 0 Å². The van der Waals surface area contributed by atoms with Crippen LogP contribution in [-0.2, 0) is 14.9 Å². The van der Waals surface area contributed by atoms with Crippen LogP contribution in [0.15, 0.2) is 89.6 Å². The summed E-state index contributed by atoms with van der Waals surface area (Å²) in [7, 11) is 0. The smallest absolute Gasteiger partial charge is 0.316 e. The Labute approximate surface area is 244 Å². The van der Waals surface area contributed by atoms with Crippen molar-refractivity contribution >= 4 is 17.5 Å². The van der Waals surface area contributed by atoms with Gasteiger partial charge in [0.2, 0.25) is 5.88 Å². The van der Waals surface area contributed by atoms with Crippen LogP contribution in [0.3, 0.4) is 0 Å². The Morgan fingerprint density at radius 2 is 1.57 bits per heavy atom. The minimum Gasteiger partial charge on any atom is -0.478 e. The molecule has 1 N–H and O–H groups in total. The molecule has 1 saturated carbocycles. The highest BCUT2D eigenvalue weighted by atomic mass is 16.5. The van der Waals surface area contributed by atoms with E-state index in [1.54, 1.807) is 6.20 Å². The number of pyridine rings is 2. The second-order valence-electron chi connectivity index (χ2n) is 10.3. The number of aryl methyl sites for hydroxylation is 1. The van der Waals surface area contributed by atoms with Crippen molar-refractivity contribution in [2.75, 3.05) is 18.5 Å². The number of rotatable bonds is 10. The van der Waals surface area contributed by atoms with Crippen LogP contribution in [0.1, 0.15) is 37.9 Å². The Kier molecular flexibility index (Phi) is 7.44. The number of carbonyl (C=O) groups excluding carboxylic acids is 1. The van der Waals surface area contributed by atoms with Crippen molar-refractivity contribution in [2.24, 2.45) is 0 Å². The Morgan fingerprint density at radius 3 is 2.21 bits per heavy atom. The maximum absolute atomic E-state index is 12.5. The predicted octanol–water partition coefficient (Wildman–Crippen LogP) is 7.51. The van der Waals surface area contributed by atoms with Gasteiger partial charge in [-0.3, -0.25) is 4.79 Å². The fraction of sp³-hybridized carbons (Fsp3) is 0.235. The summed E-state index contributed by atoms with van der Waals surface area (Å²) in [6.45, 7) is 6.64. The second-order valence-corrected chi connectivity index (χ2v) is 10.3. The normalized spacial score (nSPS) is 13.4. The zero-order valence-corrected chi connectivity index (χ0v) is 23.9. The fourth-order valence-electron chi connectivity index (χ4n) is 5.07. The number of nitrogens with zero attached hydrogens (tertiary/aromatic N) is 3. The third kappa shape index (κ3) is 5.35. The molecule has 3 heterocycles. The molecule has 0 atom stereocenters. The third-order valence-corrected chi connectivity index (χ3v) is 7.52. The molecule has 0 unspecified atom stereocenters. The van der Waals surface area contributed by atoms with Crippen LogP contribution in [0.5, 0.6) is 5.88 Å². The number of hydrogen-bond donors (Lipinski definition) is 1. The molecule has 0 saturated heterocycles. The SMILES string of the molecule is CCOC(=O)C1(c2ccc(-c3ccc(-c4onc(C)c4Nc4cccc(-c5ccc(OCC)nc5)n4)cc3)cc2)CC1. The minimum atomic E-state index is -0.467. The second kappa shape index (κ2) is 11.5. The molecule has 0 bridgehead atoms. The van der Waals surface area contributed by atoms with Crippen molar-refractivity contribution < 1.29 is 18.8 Å². The maximum atomic E-state index is 12.5. The monoisotopic (exact) mass is 560 g/mol. The molecule has 8 heteroatoms. The highest BCUT2D eigenvalue weighted by Crippen LogP contribution is 2.49. The first-order valence-electron chi connectivity index (χ1n) is 14.2. The Morgan fingerprint density at radius 1 is 0.881 bits per heavy atom. The van der Waals surface area contributed by atoms with E-state index in [2.05, 4.69) is 39.7 Å². The van der Waals surface area contributed by atoms with Crippen molar-refractivity contribution in [3.63, 3.8) is 0 Å². The van der Waals surface area contributed by atoms with Gasteiger partial charge in [-0.25, -0.2) is 9.97 Å². The minimum absolute atomic E-state index is 0.121. The molecule has 2 aromatic carbocycles. The van der Waals surface area contributed by atoms with E-state index in [9.17, 15) is 4.79 Å². The standard InChI is InChI=1S/C34H32N4O4/c1-4-40-30-18-15-26(21-35-30)28-7-6-8-29(36-28)37-31-22(3)38-42-32(31)25-11-9-23(10-12-25)24-13-16-27(17-14-24)34(19-20-34)33(39)41-5-2/h6-18,21H,4-5,19-20H2,1-3H3,(H,36,37). The van der Waals surface area contributed by atoms with Gasteiger partial charge < -0.3 is 19.3 Å². The molecule has 6 rings (SSSR count). The molecule has 0 aliphatic heterocycles. The quantitative estimate of drug-likeness (QED) is 0.175. The highest BCUT2D eigenvalue weighted by molar-refractivity contribution is 5.87. The molecule has 42 heavy (non-hydrogen) atoms. The zero-order chi connectivity index (χ0) is 29.1. The fourth-order valence-corrected chi connectivity index (χ4v) is 5.07. The summed E-state index contributed by atoms with van der Waals surface area (Å²) in [6.07, 6.45) is 3.43. The summed E-state index contributed by atoms with van der Waals surface area (Å²) >= 11 is 0. The molecule has 1 aliphatic rings. The van der Waals surface area contributed by atoms with Crippen LogP contribution >= 0.6 is 0 Å². The van der Waals surface area contributed by atoms with Crippen LogP contribution in [0.4, 0.5) is 11.5 Å². The molecule has 8 nitrogen and oxygen atoms in total. The summed E-state index contributed by atoms with van der Waals surface area (Å²) in [5.41, 5.74) is 6.75. The van der Waals surface area contributed by atoms with Crippen molar-refractivity contribution in [1.82, 2.24) is 15.1 Å². The number of nitrogens with one attached hydrogen (secondary N) is 1. The van der Waals surface area contributed by atoms with Gasteiger partial charge in [-0.1, -0.05) is 59.8 Å². The van der Waals surface area contributed by atoms with E-state index in [0.717, 1.165) is 57.7 Å². The highest BCUT2D eigenvalue weighted by Gasteiger charge is 2.52. The molecular weight excluding hydrogens is 528 g/mol. The van der Waals surface area contributed by atoms with Gasteiger partial charge in [-0.15, -0.1) is 0 Å². The van der Waals surface area contributed by atoms with Crippen LogP contribution < -0.4 is 10.1 Å². The molecule has 1 fully saturated rings. The molecule has 3 aromatic heterocycles. The topological polar surface area (TPSA) is 99.4 Å². The van der Waals surface area contributed by atoms with Gasteiger partial charge >= 0.3 is 5.97 Å². The van der Waals surface area contributed by atoms with Gasteiger partial charge in [0.05, 0.1) is 24.3 Å². The lowest BCUT2D eigenvalue weighted by Gasteiger charge is -2.14. The predicted molar refractivity (Wildman–Crippen MR) is 162 cm³/mol. The van der Waals surface area contributed by atoms with E-state index in [-0.39, 0.29) is 5.97 Å². The van der Waals surface area contributed by atoms with Crippen molar-refractivity contribution in [1.29, 1.82) is 0 Å². The van der Waals surface area contributed by atoms with Crippen LogP contribution in [0, 0.1) is 6.92 Å². The van der Waals surface area contributed by atoms with E-state index in [1.807, 2.05) is 75.4 Å². The number of benzene rings is 2. The van der Waals surface area contributed by atoms with Crippen LogP contribution in [-0.4, -0.2) is 34.3 Å². The molecule has 0 spiro atoms. The lowest BCUT2D eigenvalue weighted by Crippen LogP contribution is -2.23. The van der Waals surface area contributed by atoms with Gasteiger partial charge in [0.1, 0.15) is 17.2 Å². The largest absolute Gasteiger partial charge is 0.478 e. The zero-order valence-electron chi connectivity index (χ0n) is 23.9. The Balaban J connectivity index is 1.19. The summed E-state index contributed by atoms with van der Waals surface area (Å²) in [6, 6.07) is 25.9. The lowest BCUT2D eigenvalue weighted by atomic mass is 9.93. The van der Waals surface area contributed by atoms with Gasteiger partial charge in [0.15, 0.2) is 5.76 Å². The van der Waals surface area contributed by atoms with E-state index in [4.69, 9.17) is 19.0 Å². The van der Waals surface area contributed by atoms with Crippen molar-refractivity contribution in [2.45, 2.75) is 39.0 Å². The molecule has 1 aliphatic carbocycles. The van der Waals surface area contributed by atoms with Gasteiger partial charge in [0.25, 0.3) is 0 Å². The average Bonchev–Trinajstić information content (AvgIpc) is 3.77. The summed E-state index contributed by atoms with van der Waals surface area (Å²) in [5, 5.41) is 7.62. The summed E-state index contributed by atoms with van der Waals surface area (Å²) < 4.78 is 16.5. The first-order chi connectivity index (χ1) is 20.5. The number of aromatic nitrogens is 3. The number of anilines is 2.